The van der Waals surface area contributed by atoms with Gasteiger partial charge < -0.3 is 5.11 Å². The number of nitrogens with zero attached hydrogens (tertiary/aromatic N) is 2. The molecule has 0 spiro atoms. The maximum absolute atomic E-state index is 12.8. The maximum Gasteiger partial charge on any atom is 0.339 e. The number of halogens is 3. The lowest BCUT2D eigenvalue weighted by Gasteiger charge is -2.07. The number of hydrogen-bond donors (Lipinski definition) is 1. The molecule has 0 saturated carbocycles. The Labute approximate surface area is 131 Å². The Hall–Kier alpha value is -1.54. The van der Waals surface area contributed by atoms with Crippen molar-refractivity contribution >= 4 is 33.7 Å². The highest BCUT2D eigenvalue weighted by atomic mass is 79.9. The minimum absolute atomic E-state index is 0.163. The van der Waals surface area contributed by atoms with E-state index < -0.39 is 23.7 Å². The number of benzene rings is 1. The summed E-state index contributed by atoms with van der Waals surface area (Å²) in [6, 6.07) is 7.45. The molecular weight excluding hydrogens is 366 g/mol. The van der Waals surface area contributed by atoms with Crippen molar-refractivity contribution in [2.45, 2.75) is 17.1 Å². The van der Waals surface area contributed by atoms with Gasteiger partial charge in [-0.2, -0.15) is 0 Å². The number of aromatic carboxylic acids is 1. The number of thioether (sulfide) groups is 1. The fourth-order valence-corrected chi connectivity index (χ4v) is 2.97. The third kappa shape index (κ3) is 3.98. The van der Waals surface area contributed by atoms with Crippen LogP contribution in [0.15, 0.2) is 39.8 Å². The number of carbonyl (C=O) groups is 1. The second kappa shape index (κ2) is 6.95. The molecule has 0 aliphatic carbocycles. The van der Waals surface area contributed by atoms with Gasteiger partial charge in [0, 0.05) is 15.6 Å². The van der Waals surface area contributed by atoms with Crippen molar-refractivity contribution in [3.8, 4) is 0 Å². The molecular formula is C13H9BrF2N2O2S. The van der Waals surface area contributed by atoms with Crippen LogP contribution < -0.4 is 0 Å². The molecule has 1 heterocycles. The largest absolute Gasteiger partial charge is 0.478 e. The molecule has 2 rings (SSSR count). The van der Waals surface area contributed by atoms with Gasteiger partial charge in [-0.3, -0.25) is 0 Å². The monoisotopic (exact) mass is 374 g/mol. The van der Waals surface area contributed by atoms with Crippen LogP contribution in [-0.2, 0) is 5.75 Å². The Balaban J connectivity index is 2.20. The zero-order valence-electron chi connectivity index (χ0n) is 10.5. The predicted molar refractivity (Wildman–Crippen MR) is 77.7 cm³/mol. The summed E-state index contributed by atoms with van der Waals surface area (Å²) in [5.41, 5.74) is -1.32. The topological polar surface area (TPSA) is 63.1 Å². The fraction of sp³-hybridized carbons (Fsp3) is 0.154. The van der Waals surface area contributed by atoms with E-state index in [-0.39, 0.29) is 11.6 Å². The van der Waals surface area contributed by atoms with Crippen LogP contribution >= 0.6 is 27.7 Å². The standard InChI is InChI=1S/C13H9BrF2N2O2S/c14-8-3-1-2-4-9(8)21-6-10-17-5-7(13(19)20)11(18-10)12(15)16/h1-5,12H,6H2,(H,19,20). The minimum Gasteiger partial charge on any atom is -0.478 e. The number of aromatic nitrogens is 2. The first-order valence-corrected chi connectivity index (χ1v) is 7.51. The molecule has 0 aliphatic rings. The van der Waals surface area contributed by atoms with Crippen LogP contribution in [0.3, 0.4) is 0 Å². The Kier molecular flexibility index (Phi) is 5.24. The molecule has 0 unspecified atom stereocenters. The molecule has 2 aromatic rings. The van der Waals surface area contributed by atoms with Crippen molar-refractivity contribution in [2.24, 2.45) is 0 Å². The highest BCUT2D eigenvalue weighted by Gasteiger charge is 2.21. The quantitative estimate of drug-likeness (QED) is 0.795. The van der Waals surface area contributed by atoms with Crippen molar-refractivity contribution in [2.75, 3.05) is 0 Å². The summed E-state index contributed by atoms with van der Waals surface area (Å²) in [7, 11) is 0. The van der Waals surface area contributed by atoms with E-state index in [4.69, 9.17) is 5.11 Å². The van der Waals surface area contributed by atoms with Gasteiger partial charge in [0.1, 0.15) is 17.1 Å². The lowest BCUT2D eigenvalue weighted by atomic mass is 10.2. The Morgan fingerprint density at radius 2 is 2.10 bits per heavy atom. The first-order valence-electron chi connectivity index (χ1n) is 5.73. The molecule has 0 atom stereocenters. The number of carboxylic acids is 1. The van der Waals surface area contributed by atoms with Gasteiger partial charge in [-0.05, 0) is 28.1 Å². The van der Waals surface area contributed by atoms with Gasteiger partial charge in [0.05, 0.1) is 5.75 Å². The molecule has 8 heteroatoms. The molecule has 0 bridgehead atoms. The predicted octanol–water partition coefficient (Wildman–Crippen LogP) is 4.17. The van der Waals surface area contributed by atoms with Crippen LogP contribution in [-0.4, -0.2) is 21.0 Å². The van der Waals surface area contributed by atoms with Crippen LogP contribution in [0.4, 0.5) is 8.78 Å². The summed E-state index contributed by atoms with van der Waals surface area (Å²) in [4.78, 5) is 19.2. The lowest BCUT2D eigenvalue weighted by Crippen LogP contribution is -2.09. The average Bonchev–Trinajstić information content (AvgIpc) is 2.46. The van der Waals surface area contributed by atoms with Gasteiger partial charge in [-0.1, -0.05) is 12.1 Å². The second-order valence-corrected chi connectivity index (χ2v) is 5.78. The fourth-order valence-electron chi connectivity index (χ4n) is 1.54. The van der Waals surface area contributed by atoms with Crippen LogP contribution in [0.2, 0.25) is 0 Å². The summed E-state index contributed by atoms with van der Waals surface area (Å²) >= 11 is 4.75. The van der Waals surface area contributed by atoms with Crippen LogP contribution in [0.25, 0.3) is 0 Å². The zero-order chi connectivity index (χ0) is 15.4. The Morgan fingerprint density at radius 3 is 2.71 bits per heavy atom. The van der Waals surface area contributed by atoms with E-state index in [1.165, 1.54) is 11.8 Å². The zero-order valence-corrected chi connectivity index (χ0v) is 12.9. The van der Waals surface area contributed by atoms with Gasteiger partial charge in [0.2, 0.25) is 0 Å². The number of hydrogen-bond acceptors (Lipinski definition) is 4. The highest BCUT2D eigenvalue weighted by molar-refractivity contribution is 9.10. The van der Waals surface area contributed by atoms with Gasteiger partial charge in [0.15, 0.2) is 0 Å². The number of alkyl halides is 2. The van der Waals surface area contributed by atoms with Crippen LogP contribution in [0, 0.1) is 0 Å². The molecule has 0 radical (unpaired) electrons. The Bertz CT molecular complexity index is 670. The number of rotatable bonds is 5. The summed E-state index contributed by atoms with van der Waals surface area (Å²) in [6.45, 7) is 0. The molecule has 0 amide bonds. The van der Waals surface area contributed by atoms with Crippen LogP contribution in [0.5, 0.6) is 0 Å². The van der Waals surface area contributed by atoms with E-state index in [2.05, 4.69) is 25.9 Å². The molecule has 1 aromatic heterocycles. The van der Waals surface area contributed by atoms with E-state index >= 15 is 0 Å². The second-order valence-electron chi connectivity index (χ2n) is 3.91. The summed E-state index contributed by atoms with van der Waals surface area (Å²) < 4.78 is 26.5. The molecule has 1 aromatic carbocycles. The van der Waals surface area contributed by atoms with E-state index in [1.54, 1.807) is 0 Å². The summed E-state index contributed by atoms with van der Waals surface area (Å²) in [5, 5.41) is 8.82. The maximum atomic E-state index is 12.8. The highest BCUT2D eigenvalue weighted by Crippen LogP contribution is 2.29. The van der Waals surface area contributed by atoms with Gasteiger partial charge >= 0.3 is 5.97 Å². The third-order valence-corrected chi connectivity index (χ3v) is 4.52. The van der Waals surface area contributed by atoms with E-state index in [9.17, 15) is 13.6 Å². The molecule has 0 fully saturated rings. The molecule has 110 valence electrons. The molecule has 0 aliphatic heterocycles. The lowest BCUT2D eigenvalue weighted by molar-refractivity contribution is 0.0681. The van der Waals surface area contributed by atoms with Crippen molar-refractivity contribution in [1.82, 2.24) is 9.97 Å². The smallest absolute Gasteiger partial charge is 0.339 e. The van der Waals surface area contributed by atoms with E-state index in [0.29, 0.717) is 0 Å². The molecule has 21 heavy (non-hydrogen) atoms. The molecule has 4 nitrogen and oxygen atoms in total. The van der Waals surface area contributed by atoms with Crippen molar-refractivity contribution < 1.29 is 18.7 Å². The van der Waals surface area contributed by atoms with E-state index in [0.717, 1.165) is 15.6 Å². The molecule has 1 N–H and O–H groups in total. The third-order valence-electron chi connectivity index (χ3n) is 2.50. The molecule has 0 saturated heterocycles. The Morgan fingerprint density at radius 1 is 1.38 bits per heavy atom. The SMILES string of the molecule is O=C(O)c1cnc(CSc2ccccc2Br)nc1C(F)F. The number of carboxylic acid groups (broad SMARTS) is 1. The average molecular weight is 375 g/mol. The minimum atomic E-state index is -2.95. The summed E-state index contributed by atoms with van der Waals surface area (Å²) in [5.74, 6) is -1.03. The van der Waals surface area contributed by atoms with E-state index in [1.807, 2.05) is 24.3 Å². The summed E-state index contributed by atoms with van der Waals surface area (Å²) in [6.07, 6.45) is -2.03. The van der Waals surface area contributed by atoms with Crippen molar-refractivity contribution in [1.29, 1.82) is 0 Å². The normalized spacial score (nSPS) is 10.9. The van der Waals surface area contributed by atoms with Gasteiger partial charge in [-0.25, -0.2) is 23.5 Å². The van der Waals surface area contributed by atoms with Crippen LogP contribution in [0.1, 0.15) is 28.3 Å². The first-order chi connectivity index (χ1) is 9.99. The van der Waals surface area contributed by atoms with Crippen molar-refractivity contribution in [3.05, 3.63) is 52.0 Å². The van der Waals surface area contributed by atoms with Gasteiger partial charge in [-0.15, -0.1) is 11.8 Å². The van der Waals surface area contributed by atoms with Crippen molar-refractivity contribution in [3.63, 3.8) is 0 Å². The first kappa shape index (κ1) is 15.8. The van der Waals surface area contributed by atoms with Gasteiger partial charge in [0.25, 0.3) is 6.43 Å².